The van der Waals surface area contributed by atoms with Crippen LogP contribution in [0, 0.1) is 0 Å². The Morgan fingerprint density at radius 2 is 1.81 bits per heavy atom. The number of hydrogen-bond donors (Lipinski definition) is 1. The van der Waals surface area contributed by atoms with Crippen LogP contribution in [0.1, 0.15) is 38.7 Å². The molecule has 6 nitrogen and oxygen atoms in total. The lowest BCUT2D eigenvalue weighted by Crippen LogP contribution is -2.50. The van der Waals surface area contributed by atoms with Crippen molar-refractivity contribution >= 4 is 23.4 Å². The largest absolute Gasteiger partial charge is 0.497 e. The summed E-state index contributed by atoms with van der Waals surface area (Å²) in [6.45, 7) is 4.63. The van der Waals surface area contributed by atoms with Crippen molar-refractivity contribution in [3.63, 3.8) is 0 Å². The molecule has 7 heteroatoms. The van der Waals surface area contributed by atoms with Gasteiger partial charge in [0.1, 0.15) is 17.5 Å². The second-order valence-corrected chi connectivity index (χ2v) is 7.56. The molecule has 0 heterocycles. The number of halogens is 1. The van der Waals surface area contributed by atoms with E-state index in [1.54, 1.807) is 36.3 Å². The number of carbonyl (C=O) groups excluding carboxylic acids is 2. The van der Waals surface area contributed by atoms with Gasteiger partial charge in [-0.15, -0.1) is 0 Å². The van der Waals surface area contributed by atoms with Crippen LogP contribution < -0.4 is 14.8 Å². The third-order valence-electron chi connectivity index (χ3n) is 4.92. The summed E-state index contributed by atoms with van der Waals surface area (Å²) in [5.41, 5.74) is 0.895. The maximum Gasteiger partial charge on any atom is 0.261 e. The number of amides is 2. The van der Waals surface area contributed by atoms with Crippen LogP contribution in [-0.2, 0) is 16.1 Å². The van der Waals surface area contributed by atoms with E-state index in [-0.39, 0.29) is 25.0 Å². The minimum atomic E-state index is -0.596. The van der Waals surface area contributed by atoms with Gasteiger partial charge in [0.2, 0.25) is 5.91 Å². The first-order valence-corrected chi connectivity index (χ1v) is 10.9. The summed E-state index contributed by atoms with van der Waals surface area (Å²) in [5, 5.41) is 3.37. The lowest BCUT2D eigenvalue weighted by Gasteiger charge is -2.30. The molecule has 2 aromatic rings. The molecule has 0 fully saturated rings. The molecule has 0 saturated heterocycles. The Kier molecular flexibility index (Phi) is 10.2. The number of para-hydroxylation sites is 1. The van der Waals surface area contributed by atoms with Crippen LogP contribution in [0.15, 0.2) is 48.5 Å². The predicted octanol–water partition coefficient (Wildman–Crippen LogP) is 4.45. The molecule has 0 aliphatic heterocycles. The van der Waals surface area contributed by atoms with Crippen LogP contribution in [0.3, 0.4) is 0 Å². The molecule has 2 amide bonds. The Hall–Kier alpha value is -2.73. The van der Waals surface area contributed by atoms with Gasteiger partial charge < -0.3 is 19.7 Å². The lowest BCUT2D eigenvalue weighted by atomic mass is 10.1. The van der Waals surface area contributed by atoms with E-state index in [1.165, 1.54) is 0 Å². The zero-order chi connectivity index (χ0) is 22.6. The Morgan fingerprint density at radius 3 is 2.42 bits per heavy atom. The van der Waals surface area contributed by atoms with Gasteiger partial charge >= 0.3 is 0 Å². The highest BCUT2D eigenvalue weighted by Crippen LogP contribution is 2.23. The third kappa shape index (κ3) is 7.47. The number of unbranched alkanes of at least 4 members (excludes halogenated alkanes) is 1. The summed E-state index contributed by atoms with van der Waals surface area (Å²) in [7, 11) is 1.60. The van der Waals surface area contributed by atoms with E-state index in [1.807, 2.05) is 31.2 Å². The molecule has 0 aliphatic carbocycles. The fraction of sp³-hybridized carbons (Fsp3) is 0.417. The topological polar surface area (TPSA) is 67.9 Å². The average molecular weight is 447 g/mol. The molecule has 0 spiro atoms. The van der Waals surface area contributed by atoms with Crippen molar-refractivity contribution < 1.29 is 19.1 Å². The normalized spacial score (nSPS) is 11.5. The molecule has 0 saturated carbocycles. The molecule has 0 aliphatic rings. The van der Waals surface area contributed by atoms with Gasteiger partial charge in [0, 0.05) is 13.1 Å². The average Bonchev–Trinajstić information content (AvgIpc) is 2.78. The molecule has 0 radical (unpaired) electrons. The first kappa shape index (κ1) is 24.5. The minimum absolute atomic E-state index is 0.157. The fourth-order valence-electron chi connectivity index (χ4n) is 3.14. The van der Waals surface area contributed by atoms with Gasteiger partial charge in [-0.2, -0.15) is 0 Å². The van der Waals surface area contributed by atoms with E-state index >= 15 is 0 Å². The Labute approximate surface area is 189 Å². The summed E-state index contributed by atoms with van der Waals surface area (Å²) in [5.74, 6) is 0.721. The highest BCUT2D eigenvalue weighted by molar-refractivity contribution is 6.32. The van der Waals surface area contributed by atoms with Crippen molar-refractivity contribution in [3.8, 4) is 11.5 Å². The summed E-state index contributed by atoms with van der Waals surface area (Å²) in [6.07, 6.45) is 2.37. The molecule has 1 unspecified atom stereocenters. The van der Waals surface area contributed by atoms with Crippen LogP contribution in [0.4, 0.5) is 0 Å². The van der Waals surface area contributed by atoms with Gasteiger partial charge in [-0.1, -0.05) is 56.1 Å². The first-order chi connectivity index (χ1) is 15.0. The van der Waals surface area contributed by atoms with Crippen molar-refractivity contribution in [2.75, 3.05) is 20.3 Å². The monoisotopic (exact) mass is 446 g/mol. The molecule has 31 heavy (non-hydrogen) atoms. The highest BCUT2D eigenvalue weighted by atomic mass is 35.5. The highest BCUT2D eigenvalue weighted by Gasteiger charge is 2.29. The van der Waals surface area contributed by atoms with Gasteiger partial charge in [0.05, 0.1) is 12.1 Å². The molecule has 1 atom stereocenters. The molecular formula is C24H31ClN2O4. The van der Waals surface area contributed by atoms with Gasteiger partial charge in [-0.05, 0) is 42.7 Å². The van der Waals surface area contributed by atoms with E-state index in [2.05, 4.69) is 12.2 Å². The number of methoxy groups -OCH3 is 1. The number of nitrogens with one attached hydrogen (secondary N) is 1. The molecule has 0 bridgehead atoms. The number of ether oxygens (including phenoxy) is 2. The Bertz CT molecular complexity index is 842. The predicted molar refractivity (Wildman–Crippen MR) is 122 cm³/mol. The van der Waals surface area contributed by atoms with Crippen LogP contribution in [0.5, 0.6) is 11.5 Å². The van der Waals surface area contributed by atoms with Crippen LogP contribution >= 0.6 is 11.6 Å². The van der Waals surface area contributed by atoms with E-state index in [4.69, 9.17) is 21.1 Å². The summed E-state index contributed by atoms with van der Waals surface area (Å²) in [4.78, 5) is 27.5. The standard InChI is InChI=1S/C24H31ClN2O4/c1-4-6-15-26-24(29)21(5-2)27(16-18-11-13-19(30-3)14-12-18)23(28)17-31-22-10-8-7-9-20(22)25/h7-14,21H,4-6,15-17H2,1-3H3,(H,26,29). The van der Waals surface area contributed by atoms with Gasteiger partial charge in [0.25, 0.3) is 5.91 Å². The van der Waals surface area contributed by atoms with Crippen LogP contribution in [0.2, 0.25) is 5.02 Å². The van der Waals surface area contributed by atoms with E-state index < -0.39 is 6.04 Å². The Morgan fingerprint density at radius 1 is 1.10 bits per heavy atom. The van der Waals surface area contributed by atoms with Gasteiger partial charge in [0.15, 0.2) is 6.61 Å². The van der Waals surface area contributed by atoms with Crippen molar-refractivity contribution in [2.45, 2.75) is 45.7 Å². The van der Waals surface area contributed by atoms with Crippen molar-refractivity contribution in [3.05, 3.63) is 59.1 Å². The zero-order valence-corrected chi connectivity index (χ0v) is 19.2. The van der Waals surface area contributed by atoms with Crippen molar-refractivity contribution in [1.29, 1.82) is 0 Å². The van der Waals surface area contributed by atoms with Crippen LogP contribution in [0.25, 0.3) is 0 Å². The molecular weight excluding hydrogens is 416 g/mol. The number of carbonyl (C=O) groups is 2. The number of rotatable bonds is 12. The number of benzene rings is 2. The summed E-state index contributed by atoms with van der Waals surface area (Å²) in [6, 6.07) is 13.8. The summed E-state index contributed by atoms with van der Waals surface area (Å²) < 4.78 is 10.9. The lowest BCUT2D eigenvalue weighted by molar-refractivity contribution is -0.143. The quantitative estimate of drug-likeness (QED) is 0.489. The maximum atomic E-state index is 13.1. The second kappa shape index (κ2) is 12.8. The van der Waals surface area contributed by atoms with E-state index in [9.17, 15) is 9.59 Å². The molecule has 168 valence electrons. The Balaban J connectivity index is 2.18. The van der Waals surface area contributed by atoms with E-state index in [0.29, 0.717) is 23.7 Å². The van der Waals surface area contributed by atoms with Crippen molar-refractivity contribution in [2.24, 2.45) is 0 Å². The summed E-state index contributed by atoms with van der Waals surface area (Å²) >= 11 is 6.13. The molecule has 0 aromatic heterocycles. The maximum absolute atomic E-state index is 13.1. The molecule has 2 aromatic carbocycles. The minimum Gasteiger partial charge on any atom is -0.497 e. The SMILES string of the molecule is CCCCNC(=O)C(CC)N(Cc1ccc(OC)cc1)C(=O)COc1ccccc1Cl. The third-order valence-corrected chi connectivity index (χ3v) is 5.23. The number of nitrogens with zero attached hydrogens (tertiary/aromatic N) is 1. The zero-order valence-electron chi connectivity index (χ0n) is 18.4. The molecule has 2 rings (SSSR count). The van der Waals surface area contributed by atoms with Crippen molar-refractivity contribution in [1.82, 2.24) is 10.2 Å². The number of hydrogen-bond acceptors (Lipinski definition) is 4. The molecule has 1 N–H and O–H groups in total. The fourth-order valence-corrected chi connectivity index (χ4v) is 3.33. The first-order valence-electron chi connectivity index (χ1n) is 10.6. The van der Waals surface area contributed by atoms with Gasteiger partial charge in [-0.3, -0.25) is 9.59 Å². The van der Waals surface area contributed by atoms with Crippen LogP contribution in [-0.4, -0.2) is 43.0 Å². The smallest absolute Gasteiger partial charge is 0.261 e. The van der Waals surface area contributed by atoms with E-state index in [0.717, 1.165) is 24.2 Å². The van der Waals surface area contributed by atoms with Gasteiger partial charge in [-0.25, -0.2) is 0 Å². The second-order valence-electron chi connectivity index (χ2n) is 7.16.